The number of guanidine groups is 4. The van der Waals surface area contributed by atoms with E-state index in [1.54, 1.807) is 44.3 Å². The standard InChI is InChI=1S/C99H154N26O19/c1-6-7-8-9-10-11-12-13-14-15-16-17-18-19-20-33-83(131)114-74(50-59(2)3)87(135)120-76(52-61-34-40-65(127)41-35-61)90(138)123-79(55-64-57-113-69-28-22-21-27-68(64)69)92(140)125-81(58-126)94(142)122-78(54-63-38-44-67(129)45-39-63)89(137)119-75(51-60(4)5)88(136)121-77(53-62-36-42-66(128)43-37-62)91(139)124-80(56-82(100)130)93(141)117-71(30-24-47-110-97(103)104)85(133)115-70(29-23-46-109-96(101)102)84(132)116-72(31-25-48-111-98(105)106)86(134)118-73(95(143)144)32-26-49-112-99(107)108/h21-22,27-28,34-45,57,59-60,70-81,113,126-129H,6-20,23-26,29-33,46-56,58H2,1-5H3,(H2,100,130)(H,114,131)(H,115,133)(H,116,132)(H,117,141)(H,118,134)(H,119,137)(H,120,135)(H,121,136)(H,122,142)(H,123,138)(H,124,139)(H,125,140)(H,143,144)(H4,101,102,109)(H4,103,104,110)(H4,105,106,111)(H4,107,108,112)/t70-,71-,72-,73-,74-,75-,76-,77-,78-,79-,80-,81-/m0/s1. The molecule has 1 heterocycles. The number of aliphatic carboxylic acids is 1. The first kappa shape index (κ1) is 120. The van der Waals surface area contributed by atoms with Crippen LogP contribution < -0.4 is 114 Å². The monoisotopic (exact) mass is 2010 g/mol. The molecule has 0 saturated carbocycles. The number of rotatable bonds is 71. The molecule has 0 fully saturated rings. The van der Waals surface area contributed by atoms with Crippen molar-refractivity contribution in [1.82, 2.24) is 90.1 Å². The summed E-state index contributed by atoms with van der Waals surface area (Å²) in [5, 5.41) is 125. The van der Waals surface area contributed by atoms with Crippen molar-refractivity contribution in [2.45, 2.75) is 306 Å². The number of carbonyl (C=O) groups is 14. The van der Waals surface area contributed by atoms with E-state index in [0.717, 1.165) is 25.7 Å². The number of primary amides is 1. The number of aromatic amines is 1. The average Bonchev–Trinajstić information content (AvgIpc) is 1.67. The molecule has 0 unspecified atom stereocenters. The van der Waals surface area contributed by atoms with Crippen LogP contribution in [0.25, 0.3) is 10.9 Å². The molecule has 0 aliphatic carbocycles. The fourth-order valence-corrected chi connectivity index (χ4v) is 16.1. The second kappa shape index (κ2) is 65.5. The molecule has 45 heteroatoms. The number of aromatic hydroxyl groups is 3. The van der Waals surface area contributed by atoms with Gasteiger partial charge in [0.15, 0.2) is 23.8 Å². The highest BCUT2D eigenvalue weighted by Crippen LogP contribution is 2.24. The average molecular weight is 2010 g/mol. The molecule has 0 spiro atoms. The summed E-state index contributed by atoms with van der Waals surface area (Å²) in [6.45, 7) is 8.15. The molecule has 0 aliphatic heterocycles. The lowest BCUT2D eigenvalue weighted by atomic mass is 9.99. The van der Waals surface area contributed by atoms with Crippen molar-refractivity contribution >= 4 is 118 Å². The smallest absolute Gasteiger partial charge is 0.326 e. The zero-order valence-electron chi connectivity index (χ0n) is 83.2. The van der Waals surface area contributed by atoms with Gasteiger partial charge in [0.1, 0.15) is 89.8 Å². The molecule has 5 rings (SSSR count). The van der Waals surface area contributed by atoms with Crippen molar-refractivity contribution in [3.8, 4) is 17.2 Å². The highest BCUT2D eigenvalue weighted by atomic mass is 16.4. The largest absolute Gasteiger partial charge is 0.508 e. The lowest BCUT2D eigenvalue weighted by molar-refractivity contribution is -0.142. The summed E-state index contributed by atoms with van der Waals surface area (Å²) in [7, 11) is 0. The number of amides is 13. The van der Waals surface area contributed by atoms with Gasteiger partial charge in [0.2, 0.25) is 76.8 Å². The van der Waals surface area contributed by atoms with Gasteiger partial charge in [-0.1, -0.05) is 179 Å². The summed E-state index contributed by atoms with van der Waals surface area (Å²) in [6, 6.07) is 4.12. The van der Waals surface area contributed by atoms with Crippen molar-refractivity contribution in [3.05, 3.63) is 126 Å². The maximum absolute atomic E-state index is 15.2. The molecule has 0 bridgehead atoms. The van der Waals surface area contributed by atoms with Gasteiger partial charge in [-0.2, -0.15) is 0 Å². The normalized spacial score (nSPS) is 13.6. The van der Waals surface area contributed by atoms with Gasteiger partial charge < -0.3 is 144 Å². The first-order valence-corrected chi connectivity index (χ1v) is 49.6. The Labute approximate surface area is 840 Å². The summed E-state index contributed by atoms with van der Waals surface area (Å²) < 4.78 is 0. The van der Waals surface area contributed by atoms with Crippen molar-refractivity contribution in [3.63, 3.8) is 0 Å². The molecule has 0 radical (unpaired) electrons. The van der Waals surface area contributed by atoms with Gasteiger partial charge >= 0.3 is 5.97 Å². The van der Waals surface area contributed by atoms with Gasteiger partial charge in [0, 0.05) is 75.4 Å². The van der Waals surface area contributed by atoms with Crippen molar-refractivity contribution in [1.29, 1.82) is 21.6 Å². The summed E-state index contributed by atoms with van der Waals surface area (Å²) in [4.78, 5) is 206. The molecule has 5 aromatic rings. The SMILES string of the molecule is CCCCCCCCCCCCCCCCCC(=O)N[C@@H](CC(C)C)C(=O)N[C@@H](Cc1ccc(O)cc1)C(=O)N[C@@H](Cc1c[nH]c2ccccc12)C(=O)N[C@@H](CO)C(=O)N[C@@H](Cc1ccc(O)cc1)C(=O)N[C@@H](CC(C)C)C(=O)N[C@@H](Cc1ccc(O)cc1)C(=O)N[C@@H](CC(N)=O)C(=O)N[C@@H](CCCNC(=N)N)C(=O)N[C@@H](CCCNC(=N)N)C(=O)N[C@@H](CCCNC(=N)N)C(=O)N[C@@H](CCCNC(=N)N)C(=O)O. The topological polar surface area (TPSA) is 774 Å². The molecular formula is C99H154N26O19. The van der Waals surface area contributed by atoms with Crippen molar-refractivity contribution in [2.75, 3.05) is 32.8 Å². The molecule has 4 aromatic carbocycles. The highest BCUT2D eigenvalue weighted by molar-refractivity contribution is 6.01. The first-order chi connectivity index (χ1) is 68.6. The Morgan fingerprint density at radius 1 is 0.326 bits per heavy atom. The number of hydrogen-bond donors (Lipinski definition) is 31. The maximum Gasteiger partial charge on any atom is 0.326 e. The van der Waals surface area contributed by atoms with Gasteiger partial charge in [0.25, 0.3) is 0 Å². The molecule has 13 amide bonds. The lowest BCUT2D eigenvalue weighted by Crippen LogP contribution is -2.62. The van der Waals surface area contributed by atoms with Crippen LogP contribution in [-0.2, 0) is 92.8 Å². The quantitative estimate of drug-likeness (QED) is 0.0150. The Morgan fingerprint density at radius 3 is 0.944 bits per heavy atom. The number of phenolic OH excluding ortho intramolecular Hbond substituents is 3. The second-order valence-corrected chi connectivity index (χ2v) is 37.0. The minimum atomic E-state index is -2.00. The number of carbonyl (C=O) groups excluding carboxylic acids is 13. The third-order valence-corrected chi connectivity index (χ3v) is 23.8. The lowest BCUT2D eigenvalue weighted by Gasteiger charge is -2.29. The van der Waals surface area contributed by atoms with Crippen molar-refractivity contribution in [2.24, 2.45) is 40.5 Å². The molecule has 144 heavy (non-hydrogen) atoms. The Balaban J connectivity index is 1.45. The van der Waals surface area contributed by atoms with E-state index in [1.807, 2.05) is 13.8 Å². The van der Waals surface area contributed by atoms with E-state index in [0.29, 0.717) is 34.0 Å². The fourth-order valence-electron chi connectivity index (χ4n) is 16.1. The number of benzene rings is 4. The number of nitrogens with two attached hydrogens (primary N) is 5. The van der Waals surface area contributed by atoms with Crippen LogP contribution in [0.15, 0.2) is 103 Å². The number of phenols is 3. The van der Waals surface area contributed by atoms with E-state index >= 15 is 24.0 Å². The van der Waals surface area contributed by atoms with E-state index < -0.39 is 199 Å². The van der Waals surface area contributed by atoms with Crippen LogP contribution in [0, 0.1) is 33.5 Å². The third-order valence-electron chi connectivity index (χ3n) is 23.8. The van der Waals surface area contributed by atoms with E-state index in [-0.39, 0.29) is 150 Å². The van der Waals surface area contributed by atoms with Crippen LogP contribution in [0.3, 0.4) is 0 Å². The number of para-hydroxylation sites is 1. The molecule has 0 aliphatic rings. The van der Waals surface area contributed by atoms with Crippen LogP contribution in [-0.4, -0.2) is 242 Å². The molecular weight excluding hydrogens is 1860 g/mol. The number of aromatic nitrogens is 1. The van der Waals surface area contributed by atoms with Crippen LogP contribution in [0.4, 0.5) is 0 Å². The number of carboxylic acids is 1. The van der Waals surface area contributed by atoms with E-state index in [9.17, 15) is 68.7 Å². The zero-order chi connectivity index (χ0) is 106. The summed E-state index contributed by atoms with van der Waals surface area (Å²) in [5.74, 6) is -17.2. The van der Waals surface area contributed by atoms with Crippen LogP contribution in [0.5, 0.6) is 17.2 Å². The van der Waals surface area contributed by atoms with Gasteiger partial charge in [-0.05, 0) is 147 Å². The van der Waals surface area contributed by atoms with Gasteiger partial charge in [-0.3, -0.25) is 84.0 Å². The number of carboxylic acid groups (broad SMARTS) is 1. The van der Waals surface area contributed by atoms with E-state index in [1.165, 1.54) is 137 Å². The Bertz CT molecular complexity index is 4970. The number of hydrogen-bond acceptors (Lipinski definition) is 22. The maximum atomic E-state index is 15.2. The van der Waals surface area contributed by atoms with Gasteiger partial charge in [0.05, 0.1) is 13.0 Å². The molecule has 36 N–H and O–H groups in total. The van der Waals surface area contributed by atoms with Crippen LogP contribution >= 0.6 is 0 Å². The number of unbranched alkanes of at least 4 members (excludes halogenated alkanes) is 14. The highest BCUT2D eigenvalue weighted by Gasteiger charge is 2.39. The number of aliphatic hydroxyl groups is 1. The van der Waals surface area contributed by atoms with Crippen molar-refractivity contribution < 1.29 is 92.7 Å². The minimum absolute atomic E-state index is 0.00171. The van der Waals surface area contributed by atoms with E-state index in [2.05, 4.69) is 97.0 Å². The summed E-state index contributed by atoms with van der Waals surface area (Å²) >= 11 is 0. The van der Waals surface area contributed by atoms with Gasteiger partial charge in [-0.15, -0.1) is 0 Å². The summed E-state index contributed by atoms with van der Waals surface area (Å²) in [5.41, 5.74) is 29.9. The van der Waals surface area contributed by atoms with Crippen LogP contribution in [0.2, 0.25) is 0 Å². The number of H-pyrrole nitrogens is 1. The molecule has 794 valence electrons. The fraction of sp³-hybridized carbons (Fsp3) is 0.556. The molecule has 45 nitrogen and oxygen atoms in total. The molecule has 0 saturated heterocycles. The molecule has 12 atom stereocenters. The number of nitrogens with one attached hydrogen (secondary N) is 21. The molecule has 1 aromatic heterocycles. The number of aliphatic hydroxyl groups excluding tert-OH is 1. The summed E-state index contributed by atoms with van der Waals surface area (Å²) in [6.07, 6.45) is 15.8. The van der Waals surface area contributed by atoms with Gasteiger partial charge in [-0.25, -0.2) is 4.79 Å². The predicted octanol–water partition coefficient (Wildman–Crippen LogP) is 1.73. The van der Waals surface area contributed by atoms with E-state index in [4.69, 9.17) is 50.3 Å². The predicted molar refractivity (Wildman–Crippen MR) is 544 cm³/mol. The van der Waals surface area contributed by atoms with Crippen LogP contribution in [0.1, 0.15) is 230 Å². The first-order valence-electron chi connectivity index (χ1n) is 49.6. The second-order valence-electron chi connectivity index (χ2n) is 37.0. The Kier molecular flexibility index (Phi) is 54.6. The third kappa shape index (κ3) is 47.8. The minimum Gasteiger partial charge on any atom is -0.508 e. The Morgan fingerprint density at radius 2 is 0.604 bits per heavy atom. The zero-order valence-corrected chi connectivity index (χ0v) is 83.2. The Hall–Kier alpha value is -14.6. The number of fused-ring (bicyclic) bond motifs is 1.